The van der Waals surface area contributed by atoms with Crippen molar-refractivity contribution >= 4 is 33.0 Å². The van der Waals surface area contributed by atoms with E-state index in [1.807, 2.05) is 0 Å². The van der Waals surface area contributed by atoms with Crippen LogP contribution >= 0.6 is 33.0 Å². The summed E-state index contributed by atoms with van der Waals surface area (Å²) in [5.41, 5.74) is 0. The van der Waals surface area contributed by atoms with Gasteiger partial charge in [0.05, 0.1) is 0 Å². The van der Waals surface area contributed by atoms with Crippen LogP contribution in [0.15, 0.2) is 0 Å². The predicted molar refractivity (Wildman–Crippen MR) is 54.9 cm³/mol. The Morgan fingerprint density at radius 1 is 0.412 bits per heavy atom. The van der Waals surface area contributed by atoms with Gasteiger partial charge in [0.25, 0.3) is 0 Å². The topological polar surface area (TPSA) is 230 Å². The highest BCUT2D eigenvalue weighted by molar-refractivity contribution is 7.31. The van der Waals surface area contributed by atoms with Gasteiger partial charge in [-0.2, -0.15) is 0 Å². The van der Waals surface area contributed by atoms with Crippen LogP contribution in [0.1, 0.15) is 7.43 Å². The summed E-state index contributed by atoms with van der Waals surface area (Å²) >= 11 is 0. The van der Waals surface area contributed by atoms with Crippen LogP contribution in [0.5, 0.6) is 0 Å². The van der Waals surface area contributed by atoms with Crippen molar-refractivity contribution in [3.63, 3.8) is 0 Å². The molecule has 0 rings (SSSR count). The highest BCUT2D eigenvalue weighted by atomic mass is 31.1. The SMILES string of the molecule is C.O=[P+](O)O.O=[P+](O)O.O=[P+](O)O.O=[P+](O)O. The first-order valence-electron chi connectivity index (χ1n) is 2.33. The fraction of sp³-hybridized carbons (Fsp3) is 1.00. The van der Waals surface area contributed by atoms with Crippen molar-refractivity contribution in [2.24, 2.45) is 0 Å². The lowest BCUT2D eigenvalue weighted by Crippen LogP contribution is -1.38. The molecule has 12 nitrogen and oxygen atoms in total. The highest BCUT2D eigenvalue weighted by Gasteiger charge is 1.94. The summed E-state index contributed by atoms with van der Waals surface area (Å²) in [6.45, 7) is 0. The van der Waals surface area contributed by atoms with Crippen LogP contribution in [0.4, 0.5) is 0 Å². The molecule has 0 radical (unpaired) electrons. The van der Waals surface area contributed by atoms with E-state index in [-0.39, 0.29) is 7.43 Å². The third-order valence-corrected chi connectivity index (χ3v) is 0. The third-order valence-electron chi connectivity index (χ3n) is 0. The Labute approximate surface area is 98.6 Å². The van der Waals surface area contributed by atoms with Gasteiger partial charge < -0.3 is 0 Å². The second kappa shape index (κ2) is 25.1. The smallest absolute Gasteiger partial charge is 0.134 e. The fourth-order valence-electron chi connectivity index (χ4n) is 0. The third kappa shape index (κ3) is 498000. The molecule has 0 aliphatic heterocycles. The first kappa shape index (κ1) is 30.3. The van der Waals surface area contributed by atoms with Gasteiger partial charge in [-0.25, -0.2) is 0 Å². The average molecular weight is 340 g/mol. The zero-order chi connectivity index (χ0) is 14.3. The van der Waals surface area contributed by atoms with Gasteiger partial charge >= 0.3 is 33.0 Å². The molecule has 16 heteroatoms. The molecule has 0 aromatic rings. The fourth-order valence-corrected chi connectivity index (χ4v) is 0. The zero-order valence-electron chi connectivity index (χ0n) is 7.00. The minimum Gasteiger partial charge on any atom is -0.134 e. The molecule has 0 aliphatic rings. The van der Waals surface area contributed by atoms with Crippen molar-refractivity contribution in [3.05, 3.63) is 0 Å². The Hall–Kier alpha value is 0.0800. The van der Waals surface area contributed by atoms with E-state index in [1.165, 1.54) is 0 Å². The Morgan fingerprint density at radius 2 is 0.412 bits per heavy atom. The van der Waals surface area contributed by atoms with E-state index in [9.17, 15) is 0 Å². The Balaban J connectivity index is -0.0000000369. The molecule has 104 valence electrons. The lowest BCUT2D eigenvalue weighted by Gasteiger charge is -1.34. The average Bonchev–Trinajstić information content (AvgIpc) is 1.76. The summed E-state index contributed by atoms with van der Waals surface area (Å²) in [7, 11) is -11.5. The summed E-state index contributed by atoms with van der Waals surface area (Å²) in [5.74, 6) is 0. The maximum atomic E-state index is 8.70. The number of hydrogen-bond donors (Lipinski definition) is 8. The lowest BCUT2D eigenvalue weighted by atomic mass is 12.0. The molecular formula is CH12O12P4+4. The number of hydrogen-bond acceptors (Lipinski definition) is 4. The van der Waals surface area contributed by atoms with E-state index >= 15 is 0 Å². The molecule has 0 aliphatic carbocycles. The normalized spacial score (nSPS) is 6.12. The van der Waals surface area contributed by atoms with Crippen molar-refractivity contribution in [2.75, 3.05) is 0 Å². The van der Waals surface area contributed by atoms with Crippen LogP contribution in [0.3, 0.4) is 0 Å². The number of rotatable bonds is 0. The predicted octanol–water partition coefficient (Wildman–Crippen LogP) is -0.850. The molecule has 0 bridgehead atoms. The molecule has 0 unspecified atom stereocenters. The van der Waals surface area contributed by atoms with Crippen LogP contribution < -0.4 is 0 Å². The molecule has 8 N–H and O–H groups in total. The highest BCUT2D eigenvalue weighted by Crippen LogP contribution is 1.99. The Bertz CT molecular complexity index is 159. The molecule has 0 aromatic carbocycles. The molecule has 0 fully saturated rings. The van der Waals surface area contributed by atoms with Gasteiger partial charge in [0.2, 0.25) is 0 Å². The molecular weight excluding hydrogens is 328 g/mol. The van der Waals surface area contributed by atoms with Crippen molar-refractivity contribution in [3.8, 4) is 0 Å². The second-order valence-corrected chi connectivity index (χ2v) is 3.03. The van der Waals surface area contributed by atoms with E-state index in [2.05, 4.69) is 0 Å². The lowest BCUT2D eigenvalue weighted by molar-refractivity contribution is 0.403. The van der Waals surface area contributed by atoms with Gasteiger partial charge in [-0.15, -0.1) is 39.1 Å². The van der Waals surface area contributed by atoms with Crippen LogP contribution in [0.2, 0.25) is 0 Å². The largest absolute Gasteiger partial charge is 0.692 e. The summed E-state index contributed by atoms with van der Waals surface area (Å²) < 4.78 is 34.8. The molecule has 0 saturated heterocycles. The summed E-state index contributed by atoms with van der Waals surface area (Å²) in [4.78, 5) is 57.0. The standard InChI is InChI=1S/CH4.4HO3P/c;4*1-4(2)3/h1H4;4*(H-,1,2,3)/p+4. The molecule has 0 spiro atoms. The minimum atomic E-state index is -2.87. The van der Waals surface area contributed by atoms with Gasteiger partial charge in [0, 0.05) is 18.3 Å². The van der Waals surface area contributed by atoms with Crippen molar-refractivity contribution in [2.45, 2.75) is 7.43 Å². The first-order chi connectivity index (χ1) is 6.93. The van der Waals surface area contributed by atoms with Crippen LogP contribution in [0, 0.1) is 0 Å². The summed E-state index contributed by atoms with van der Waals surface area (Å²) in [6.07, 6.45) is 0. The van der Waals surface area contributed by atoms with Gasteiger partial charge in [-0.3, -0.25) is 0 Å². The summed E-state index contributed by atoms with van der Waals surface area (Å²) in [5, 5.41) is 0. The molecule has 0 amide bonds. The van der Waals surface area contributed by atoms with Gasteiger partial charge in [-0.1, -0.05) is 7.43 Å². The van der Waals surface area contributed by atoms with Crippen LogP contribution in [-0.4, -0.2) is 39.1 Å². The van der Waals surface area contributed by atoms with E-state index in [0.29, 0.717) is 0 Å². The van der Waals surface area contributed by atoms with Crippen LogP contribution in [-0.2, 0) is 18.3 Å². The first-order valence-corrected chi connectivity index (χ1v) is 6.99. The van der Waals surface area contributed by atoms with Crippen molar-refractivity contribution < 1.29 is 57.4 Å². The zero-order valence-corrected chi connectivity index (χ0v) is 10.6. The van der Waals surface area contributed by atoms with Crippen LogP contribution in [0.25, 0.3) is 0 Å². The molecule has 0 heterocycles. The quantitative estimate of drug-likeness (QED) is 0.252. The minimum absolute atomic E-state index is 0. The van der Waals surface area contributed by atoms with Gasteiger partial charge in [0.15, 0.2) is 0 Å². The second-order valence-electron chi connectivity index (χ2n) is 1.01. The Kier molecular flexibility index (Phi) is 44.6. The van der Waals surface area contributed by atoms with Crippen molar-refractivity contribution in [1.82, 2.24) is 0 Å². The molecule has 0 atom stereocenters. The summed E-state index contributed by atoms with van der Waals surface area (Å²) in [6, 6.07) is 0. The maximum Gasteiger partial charge on any atom is 0.692 e. The maximum absolute atomic E-state index is 8.70. The van der Waals surface area contributed by atoms with Crippen molar-refractivity contribution in [1.29, 1.82) is 0 Å². The van der Waals surface area contributed by atoms with E-state index in [1.54, 1.807) is 0 Å². The molecule has 0 aromatic heterocycles. The van der Waals surface area contributed by atoms with Gasteiger partial charge in [-0.05, 0) is 0 Å². The van der Waals surface area contributed by atoms with E-state index < -0.39 is 33.0 Å². The van der Waals surface area contributed by atoms with E-state index in [4.69, 9.17) is 57.4 Å². The Morgan fingerprint density at radius 3 is 0.412 bits per heavy atom. The molecule has 17 heavy (non-hydrogen) atoms. The van der Waals surface area contributed by atoms with Gasteiger partial charge in [0.1, 0.15) is 0 Å². The van der Waals surface area contributed by atoms with E-state index in [0.717, 1.165) is 0 Å². The molecule has 0 saturated carbocycles. The monoisotopic (exact) mass is 340 g/mol.